The van der Waals surface area contributed by atoms with Gasteiger partial charge in [-0.05, 0) is 26.0 Å². The van der Waals surface area contributed by atoms with Crippen LogP contribution in [0.5, 0.6) is 0 Å². The van der Waals surface area contributed by atoms with Gasteiger partial charge in [-0.1, -0.05) is 23.2 Å². The number of hydrogen-bond donors (Lipinski definition) is 2. The molecule has 0 aliphatic carbocycles. The Balaban J connectivity index is 2.14. The van der Waals surface area contributed by atoms with Crippen molar-refractivity contribution in [2.75, 3.05) is 0 Å². The maximum atomic E-state index is 13.5. The molecule has 0 aliphatic heterocycles. The van der Waals surface area contributed by atoms with E-state index in [0.29, 0.717) is 17.1 Å². The highest BCUT2D eigenvalue weighted by Crippen LogP contribution is 2.32. The first kappa shape index (κ1) is 14.3. The van der Waals surface area contributed by atoms with Crippen molar-refractivity contribution in [3.8, 4) is 0 Å². The Morgan fingerprint density at radius 2 is 2.16 bits per heavy atom. The van der Waals surface area contributed by atoms with E-state index in [4.69, 9.17) is 23.2 Å². The fraction of sp³-hybridized carbons (Fsp3) is 0.308. The molecule has 0 amide bonds. The van der Waals surface area contributed by atoms with Crippen LogP contribution < -0.4 is 5.32 Å². The van der Waals surface area contributed by atoms with E-state index in [0.717, 1.165) is 11.3 Å². The number of aromatic nitrogens is 2. The van der Waals surface area contributed by atoms with Gasteiger partial charge < -0.3 is 5.32 Å². The van der Waals surface area contributed by atoms with Crippen molar-refractivity contribution in [1.82, 2.24) is 15.5 Å². The molecule has 2 N–H and O–H groups in total. The molecule has 0 saturated heterocycles. The van der Waals surface area contributed by atoms with Crippen LogP contribution in [0.2, 0.25) is 10.0 Å². The predicted molar refractivity (Wildman–Crippen MR) is 75.0 cm³/mol. The molecule has 1 atom stereocenters. The summed E-state index contributed by atoms with van der Waals surface area (Å²) in [6.07, 6.45) is 1.75. The Kier molecular flexibility index (Phi) is 4.45. The van der Waals surface area contributed by atoms with Crippen molar-refractivity contribution in [1.29, 1.82) is 0 Å². The Labute approximate surface area is 121 Å². The van der Waals surface area contributed by atoms with Crippen molar-refractivity contribution in [3.63, 3.8) is 0 Å². The summed E-state index contributed by atoms with van der Waals surface area (Å²) < 4.78 is 13.5. The monoisotopic (exact) mass is 301 g/mol. The lowest BCUT2D eigenvalue weighted by Crippen LogP contribution is -2.19. The zero-order valence-corrected chi connectivity index (χ0v) is 12.1. The summed E-state index contributed by atoms with van der Waals surface area (Å²) in [5.41, 5.74) is 2.62. The fourth-order valence-corrected chi connectivity index (χ4v) is 2.56. The second-order valence-electron chi connectivity index (χ2n) is 4.38. The first-order valence-electron chi connectivity index (χ1n) is 5.86. The summed E-state index contributed by atoms with van der Waals surface area (Å²) in [5, 5.41) is 10.6. The van der Waals surface area contributed by atoms with E-state index in [1.54, 1.807) is 6.20 Å². The smallest absolute Gasteiger partial charge is 0.142 e. The number of aryl methyl sites for hydroxylation is 1. The quantitative estimate of drug-likeness (QED) is 0.838. The van der Waals surface area contributed by atoms with Gasteiger partial charge in [-0.2, -0.15) is 5.10 Å². The Bertz CT molecular complexity index is 583. The standard InChI is InChI=1S/C13H14Cl2FN3/c1-7-9(6-18-19-7)5-17-8(2)12-10(14)3-4-11(16)13(12)15/h3-4,6,8,17H,5H2,1-2H3,(H,18,19). The molecular formula is C13H14Cl2FN3. The second-order valence-corrected chi connectivity index (χ2v) is 5.16. The molecule has 1 aromatic carbocycles. The van der Waals surface area contributed by atoms with E-state index in [1.165, 1.54) is 12.1 Å². The summed E-state index contributed by atoms with van der Waals surface area (Å²) in [6.45, 7) is 4.44. The highest BCUT2D eigenvalue weighted by atomic mass is 35.5. The third kappa shape index (κ3) is 3.08. The lowest BCUT2D eigenvalue weighted by molar-refractivity contribution is 0.564. The summed E-state index contributed by atoms with van der Waals surface area (Å²) in [7, 11) is 0. The lowest BCUT2D eigenvalue weighted by atomic mass is 10.1. The Morgan fingerprint density at radius 3 is 2.79 bits per heavy atom. The first-order valence-corrected chi connectivity index (χ1v) is 6.62. The summed E-state index contributed by atoms with van der Waals surface area (Å²) in [5.74, 6) is -0.464. The van der Waals surface area contributed by atoms with Crippen LogP contribution in [-0.4, -0.2) is 10.2 Å². The van der Waals surface area contributed by atoms with Gasteiger partial charge in [-0.15, -0.1) is 0 Å². The number of benzene rings is 1. The molecule has 2 rings (SSSR count). The fourth-order valence-electron chi connectivity index (χ4n) is 1.86. The maximum Gasteiger partial charge on any atom is 0.142 e. The van der Waals surface area contributed by atoms with E-state index in [1.807, 2.05) is 13.8 Å². The summed E-state index contributed by atoms with van der Waals surface area (Å²) >= 11 is 12.0. The van der Waals surface area contributed by atoms with Gasteiger partial charge in [0.05, 0.1) is 11.2 Å². The predicted octanol–water partition coefficient (Wildman–Crippen LogP) is 4.01. The molecule has 0 bridgehead atoms. The summed E-state index contributed by atoms with van der Waals surface area (Å²) in [4.78, 5) is 0. The van der Waals surface area contributed by atoms with Crippen LogP contribution in [0, 0.1) is 12.7 Å². The number of rotatable bonds is 4. The zero-order chi connectivity index (χ0) is 14.0. The molecular weight excluding hydrogens is 288 g/mol. The topological polar surface area (TPSA) is 40.7 Å². The van der Waals surface area contributed by atoms with E-state index in [-0.39, 0.29) is 11.1 Å². The number of aromatic amines is 1. The first-order chi connectivity index (χ1) is 9.00. The van der Waals surface area contributed by atoms with Gasteiger partial charge in [0.25, 0.3) is 0 Å². The van der Waals surface area contributed by atoms with Gasteiger partial charge >= 0.3 is 0 Å². The Morgan fingerprint density at radius 1 is 1.42 bits per heavy atom. The number of nitrogens with zero attached hydrogens (tertiary/aromatic N) is 1. The molecule has 102 valence electrons. The van der Waals surface area contributed by atoms with E-state index in [2.05, 4.69) is 15.5 Å². The molecule has 3 nitrogen and oxygen atoms in total. The molecule has 19 heavy (non-hydrogen) atoms. The van der Waals surface area contributed by atoms with E-state index < -0.39 is 5.82 Å². The van der Waals surface area contributed by atoms with Crippen molar-refractivity contribution in [2.45, 2.75) is 26.4 Å². The third-order valence-corrected chi connectivity index (χ3v) is 3.76. The minimum atomic E-state index is -0.464. The van der Waals surface area contributed by atoms with Crippen molar-refractivity contribution in [2.24, 2.45) is 0 Å². The van der Waals surface area contributed by atoms with E-state index >= 15 is 0 Å². The molecule has 0 spiro atoms. The van der Waals surface area contributed by atoms with Crippen LogP contribution in [0.4, 0.5) is 4.39 Å². The highest BCUT2D eigenvalue weighted by Gasteiger charge is 2.17. The van der Waals surface area contributed by atoms with E-state index in [9.17, 15) is 4.39 Å². The molecule has 1 heterocycles. The van der Waals surface area contributed by atoms with Crippen LogP contribution in [0.3, 0.4) is 0 Å². The molecule has 1 aromatic heterocycles. The third-order valence-electron chi connectivity index (χ3n) is 3.05. The van der Waals surface area contributed by atoms with Crippen molar-refractivity contribution < 1.29 is 4.39 Å². The van der Waals surface area contributed by atoms with Crippen LogP contribution >= 0.6 is 23.2 Å². The largest absolute Gasteiger partial charge is 0.306 e. The average Bonchev–Trinajstić information content (AvgIpc) is 2.77. The summed E-state index contributed by atoms with van der Waals surface area (Å²) in [6, 6.07) is 2.62. The van der Waals surface area contributed by atoms with Crippen molar-refractivity contribution in [3.05, 3.63) is 51.0 Å². The molecule has 0 saturated carbocycles. The molecule has 2 aromatic rings. The Hall–Kier alpha value is -1.10. The molecule has 0 aliphatic rings. The van der Waals surface area contributed by atoms with Gasteiger partial charge in [-0.25, -0.2) is 4.39 Å². The van der Waals surface area contributed by atoms with Gasteiger partial charge in [0.15, 0.2) is 0 Å². The number of nitrogens with one attached hydrogen (secondary N) is 2. The van der Waals surface area contributed by atoms with Crippen LogP contribution in [0.15, 0.2) is 18.3 Å². The molecule has 0 fully saturated rings. The zero-order valence-electron chi connectivity index (χ0n) is 10.6. The van der Waals surface area contributed by atoms with Gasteiger partial charge in [0.1, 0.15) is 5.82 Å². The minimum absolute atomic E-state index is 0.0661. The normalized spacial score (nSPS) is 12.7. The number of hydrogen-bond acceptors (Lipinski definition) is 2. The lowest BCUT2D eigenvalue weighted by Gasteiger charge is -2.17. The van der Waals surface area contributed by atoms with Gasteiger partial charge in [0, 0.05) is 34.4 Å². The molecule has 1 unspecified atom stereocenters. The maximum absolute atomic E-state index is 13.5. The number of halogens is 3. The van der Waals surface area contributed by atoms with Crippen LogP contribution in [0.1, 0.15) is 29.8 Å². The highest BCUT2D eigenvalue weighted by molar-refractivity contribution is 6.36. The number of H-pyrrole nitrogens is 1. The average molecular weight is 302 g/mol. The van der Waals surface area contributed by atoms with Crippen LogP contribution in [-0.2, 0) is 6.54 Å². The van der Waals surface area contributed by atoms with Crippen LogP contribution in [0.25, 0.3) is 0 Å². The van der Waals surface area contributed by atoms with Gasteiger partial charge in [0.2, 0.25) is 0 Å². The molecule has 0 radical (unpaired) electrons. The second kappa shape index (κ2) is 5.90. The van der Waals surface area contributed by atoms with Gasteiger partial charge in [-0.3, -0.25) is 5.10 Å². The molecule has 6 heteroatoms. The minimum Gasteiger partial charge on any atom is -0.306 e. The SMILES string of the molecule is Cc1[nH]ncc1CNC(C)c1c(Cl)ccc(F)c1Cl. The van der Waals surface area contributed by atoms with Crippen molar-refractivity contribution >= 4 is 23.2 Å².